The van der Waals surface area contributed by atoms with Crippen LogP contribution in [-0.2, 0) is 22.9 Å². The van der Waals surface area contributed by atoms with Crippen molar-refractivity contribution in [1.29, 1.82) is 0 Å². The summed E-state index contributed by atoms with van der Waals surface area (Å²) in [6, 6.07) is 0. The zero-order chi connectivity index (χ0) is 10.3. The molecule has 0 aliphatic carbocycles. The van der Waals surface area contributed by atoms with Gasteiger partial charge in [0.05, 0.1) is 0 Å². The normalized spacial score (nSPS) is 10.9. The predicted octanol–water partition coefficient (Wildman–Crippen LogP) is 0.664. The first-order valence-corrected chi connectivity index (χ1v) is 4.80. The maximum Gasteiger partial charge on any atom is 0.475 e. The van der Waals surface area contributed by atoms with Crippen LogP contribution in [-0.4, -0.2) is 26.9 Å². The third-order valence-electron chi connectivity index (χ3n) is 1.10. The number of nitrogens with one attached hydrogen (secondary N) is 1. The molecule has 0 aliphatic rings. The summed E-state index contributed by atoms with van der Waals surface area (Å²) in [6.07, 6.45) is 1.06. The summed E-state index contributed by atoms with van der Waals surface area (Å²) in [5, 5.41) is 2.25. The minimum Gasteiger partial charge on any atom is -0.329 e. The Balaban J connectivity index is 3.81. The van der Waals surface area contributed by atoms with Crippen LogP contribution in [0.15, 0.2) is 12.7 Å². The Bertz CT molecular complexity index is 221. The Hall–Kier alpha value is -0.680. The smallest absolute Gasteiger partial charge is 0.329 e. The Morgan fingerprint density at radius 3 is 2.46 bits per heavy atom. The molecule has 7 heteroatoms. The SMILES string of the molecule is C=CC(=O)NCOP(=O)(OC)OC. The largest absolute Gasteiger partial charge is 0.475 e. The molecule has 0 aromatic rings. The summed E-state index contributed by atoms with van der Waals surface area (Å²) in [7, 11) is -1.14. The van der Waals surface area contributed by atoms with Crippen LogP contribution in [0.4, 0.5) is 0 Å². The van der Waals surface area contributed by atoms with Gasteiger partial charge in [-0.2, -0.15) is 0 Å². The minimum absolute atomic E-state index is 0.260. The fourth-order valence-electron chi connectivity index (χ4n) is 0.435. The Labute approximate surface area is 76.5 Å². The van der Waals surface area contributed by atoms with Crippen LogP contribution in [0.5, 0.6) is 0 Å². The lowest BCUT2D eigenvalue weighted by atomic mass is 10.6. The van der Waals surface area contributed by atoms with Gasteiger partial charge in [-0.15, -0.1) is 0 Å². The van der Waals surface area contributed by atoms with Crippen LogP contribution in [0.2, 0.25) is 0 Å². The molecule has 0 aromatic carbocycles. The lowest BCUT2D eigenvalue weighted by Gasteiger charge is -2.12. The van der Waals surface area contributed by atoms with Crippen LogP contribution < -0.4 is 5.32 Å². The van der Waals surface area contributed by atoms with Gasteiger partial charge < -0.3 is 5.32 Å². The average Bonchev–Trinajstić information content (AvgIpc) is 2.17. The van der Waals surface area contributed by atoms with Crippen molar-refractivity contribution in [3.63, 3.8) is 0 Å². The third-order valence-corrected chi connectivity index (χ3v) is 2.44. The second kappa shape index (κ2) is 5.88. The summed E-state index contributed by atoms with van der Waals surface area (Å²) < 4.78 is 24.7. The fourth-order valence-corrected chi connectivity index (χ4v) is 1.02. The Kier molecular flexibility index (Phi) is 5.57. The molecule has 76 valence electrons. The van der Waals surface area contributed by atoms with Crippen molar-refractivity contribution in [2.45, 2.75) is 0 Å². The lowest BCUT2D eigenvalue weighted by molar-refractivity contribution is -0.117. The molecule has 0 spiro atoms. The molecule has 0 heterocycles. The number of amides is 1. The van der Waals surface area contributed by atoms with Gasteiger partial charge in [0.25, 0.3) is 0 Å². The second-order valence-electron chi connectivity index (χ2n) is 1.83. The third kappa shape index (κ3) is 4.80. The van der Waals surface area contributed by atoms with Crippen LogP contribution >= 0.6 is 7.82 Å². The zero-order valence-electron chi connectivity index (χ0n) is 7.48. The van der Waals surface area contributed by atoms with E-state index in [0.717, 1.165) is 6.08 Å². The van der Waals surface area contributed by atoms with E-state index < -0.39 is 13.7 Å². The molecular formula is C6H12NO5P. The number of hydrogen-bond donors (Lipinski definition) is 1. The van der Waals surface area contributed by atoms with Crippen LogP contribution in [0, 0.1) is 0 Å². The van der Waals surface area contributed by atoms with Crippen LogP contribution in [0.3, 0.4) is 0 Å². The molecule has 6 nitrogen and oxygen atoms in total. The van der Waals surface area contributed by atoms with E-state index in [4.69, 9.17) is 0 Å². The molecule has 0 unspecified atom stereocenters. The summed E-state index contributed by atoms with van der Waals surface area (Å²) in [4.78, 5) is 10.6. The van der Waals surface area contributed by atoms with Crippen molar-refractivity contribution in [3.8, 4) is 0 Å². The molecule has 0 radical (unpaired) electrons. The summed E-state index contributed by atoms with van der Waals surface area (Å²) in [5.74, 6) is -0.432. The number of rotatable bonds is 6. The summed E-state index contributed by atoms with van der Waals surface area (Å²) in [6.45, 7) is 2.96. The highest BCUT2D eigenvalue weighted by Gasteiger charge is 2.22. The lowest BCUT2D eigenvalue weighted by Crippen LogP contribution is -2.23. The highest BCUT2D eigenvalue weighted by atomic mass is 31.2. The van der Waals surface area contributed by atoms with Crippen molar-refractivity contribution in [3.05, 3.63) is 12.7 Å². The van der Waals surface area contributed by atoms with E-state index in [0.29, 0.717) is 0 Å². The van der Waals surface area contributed by atoms with Gasteiger partial charge in [-0.05, 0) is 6.08 Å². The van der Waals surface area contributed by atoms with E-state index >= 15 is 0 Å². The fraction of sp³-hybridized carbons (Fsp3) is 0.500. The molecule has 0 aromatic heterocycles. The van der Waals surface area contributed by atoms with Crippen molar-refractivity contribution < 1.29 is 22.9 Å². The molecule has 0 rings (SSSR count). The molecular weight excluding hydrogens is 197 g/mol. The van der Waals surface area contributed by atoms with Crippen molar-refractivity contribution in [1.82, 2.24) is 5.32 Å². The monoisotopic (exact) mass is 209 g/mol. The van der Waals surface area contributed by atoms with Gasteiger partial charge >= 0.3 is 7.82 Å². The first kappa shape index (κ1) is 12.3. The van der Waals surface area contributed by atoms with Gasteiger partial charge in [-0.3, -0.25) is 18.4 Å². The second-order valence-corrected chi connectivity index (χ2v) is 3.71. The van der Waals surface area contributed by atoms with Gasteiger partial charge in [-0.25, -0.2) is 4.57 Å². The topological polar surface area (TPSA) is 73.9 Å². The van der Waals surface area contributed by atoms with Crippen LogP contribution in [0.1, 0.15) is 0 Å². The highest BCUT2D eigenvalue weighted by molar-refractivity contribution is 7.48. The quantitative estimate of drug-likeness (QED) is 0.395. The molecule has 0 bridgehead atoms. The number of phosphoric ester groups is 1. The Morgan fingerprint density at radius 1 is 1.54 bits per heavy atom. The highest BCUT2D eigenvalue weighted by Crippen LogP contribution is 2.46. The first-order chi connectivity index (χ1) is 6.08. The van der Waals surface area contributed by atoms with E-state index in [-0.39, 0.29) is 6.73 Å². The van der Waals surface area contributed by atoms with Crippen molar-refractivity contribution >= 4 is 13.7 Å². The molecule has 0 saturated heterocycles. The standard InChI is InChI=1S/C6H12NO5P/c1-4-6(8)7-5-12-13(9,10-2)11-3/h4H,1,5H2,2-3H3,(H,7,8). The molecule has 0 aliphatic heterocycles. The van der Waals surface area contributed by atoms with E-state index in [1.54, 1.807) is 0 Å². The van der Waals surface area contributed by atoms with E-state index in [1.807, 2.05) is 0 Å². The van der Waals surface area contributed by atoms with Crippen molar-refractivity contribution in [2.75, 3.05) is 21.0 Å². The number of hydrogen-bond acceptors (Lipinski definition) is 5. The summed E-state index contributed by atoms with van der Waals surface area (Å²) >= 11 is 0. The molecule has 1 N–H and O–H groups in total. The molecule has 0 fully saturated rings. The Morgan fingerprint density at radius 2 is 2.08 bits per heavy atom. The van der Waals surface area contributed by atoms with Crippen molar-refractivity contribution in [2.24, 2.45) is 0 Å². The number of phosphoric acid groups is 1. The minimum atomic E-state index is -3.50. The molecule has 0 saturated carbocycles. The van der Waals surface area contributed by atoms with E-state index in [2.05, 4.69) is 25.5 Å². The molecule has 0 atom stereocenters. The van der Waals surface area contributed by atoms with Gasteiger partial charge in [0.2, 0.25) is 5.91 Å². The van der Waals surface area contributed by atoms with Gasteiger partial charge in [0.1, 0.15) is 6.73 Å². The summed E-state index contributed by atoms with van der Waals surface area (Å²) in [5.41, 5.74) is 0. The maximum absolute atomic E-state index is 11.2. The van der Waals surface area contributed by atoms with Gasteiger partial charge in [-0.1, -0.05) is 6.58 Å². The number of carbonyl (C=O) groups excluding carboxylic acids is 1. The number of carbonyl (C=O) groups is 1. The average molecular weight is 209 g/mol. The molecule has 13 heavy (non-hydrogen) atoms. The van der Waals surface area contributed by atoms with E-state index in [1.165, 1.54) is 14.2 Å². The van der Waals surface area contributed by atoms with Crippen LogP contribution in [0.25, 0.3) is 0 Å². The molecule has 1 amide bonds. The zero-order valence-corrected chi connectivity index (χ0v) is 8.37. The van der Waals surface area contributed by atoms with Gasteiger partial charge in [0, 0.05) is 14.2 Å². The first-order valence-electron chi connectivity index (χ1n) is 3.34. The predicted molar refractivity (Wildman–Crippen MR) is 45.9 cm³/mol. The van der Waals surface area contributed by atoms with E-state index in [9.17, 15) is 9.36 Å². The van der Waals surface area contributed by atoms with Gasteiger partial charge in [0.15, 0.2) is 0 Å². The maximum atomic E-state index is 11.2.